The Morgan fingerprint density at radius 2 is 2.04 bits per heavy atom. The molecule has 3 rings (SSSR count). The SMILES string of the molecule is CC(NC(=O)c1coc(C2CCNCC2)n1)c1ccc(Br)cc1. The molecule has 1 unspecified atom stereocenters. The van der Waals surface area contributed by atoms with Crippen molar-refractivity contribution < 1.29 is 9.21 Å². The standard InChI is InChI=1S/C17H20BrN3O2/c1-11(12-2-4-14(18)5-3-12)20-16(22)15-10-23-17(21-15)13-6-8-19-9-7-13/h2-5,10-11,13,19H,6-9H2,1H3,(H,20,22). The number of hydrogen-bond donors (Lipinski definition) is 2. The van der Waals surface area contributed by atoms with E-state index in [9.17, 15) is 4.79 Å². The zero-order valence-corrected chi connectivity index (χ0v) is 14.6. The molecule has 1 amide bonds. The minimum atomic E-state index is -0.204. The van der Waals surface area contributed by atoms with Crippen molar-refractivity contribution in [1.82, 2.24) is 15.6 Å². The van der Waals surface area contributed by atoms with Crippen molar-refractivity contribution in [3.8, 4) is 0 Å². The second-order valence-electron chi connectivity index (χ2n) is 5.84. The van der Waals surface area contributed by atoms with Crippen molar-refractivity contribution in [1.29, 1.82) is 0 Å². The van der Waals surface area contributed by atoms with E-state index in [0.717, 1.165) is 36.0 Å². The molecule has 6 heteroatoms. The molecule has 0 radical (unpaired) electrons. The number of carbonyl (C=O) groups is 1. The van der Waals surface area contributed by atoms with Gasteiger partial charge in [0.2, 0.25) is 0 Å². The molecule has 1 saturated heterocycles. The lowest BCUT2D eigenvalue weighted by molar-refractivity contribution is 0.0934. The second kappa shape index (κ2) is 7.27. The maximum atomic E-state index is 12.3. The highest BCUT2D eigenvalue weighted by atomic mass is 79.9. The fourth-order valence-electron chi connectivity index (χ4n) is 2.75. The molecule has 0 bridgehead atoms. The van der Waals surface area contributed by atoms with Gasteiger partial charge in [0.05, 0.1) is 6.04 Å². The molecule has 1 aliphatic heterocycles. The van der Waals surface area contributed by atoms with Gasteiger partial charge in [0, 0.05) is 10.4 Å². The van der Waals surface area contributed by atoms with E-state index in [4.69, 9.17) is 4.42 Å². The number of oxazole rings is 1. The van der Waals surface area contributed by atoms with Crippen molar-refractivity contribution in [2.45, 2.75) is 31.7 Å². The van der Waals surface area contributed by atoms with Crippen LogP contribution in [-0.4, -0.2) is 24.0 Å². The molecule has 2 aromatic rings. The fraction of sp³-hybridized carbons (Fsp3) is 0.412. The lowest BCUT2D eigenvalue weighted by Crippen LogP contribution is -2.28. The highest BCUT2D eigenvalue weighted by Crippen LogP contribution is 2.24. The first-order valence-corrected chi connectivity index (χ1v) is 8.65. The third-order valence-electron chi connectivity index (χ3n) is 4.16. The van der Waals surface area contributed by atoms with Gasteiger partial charge in [-0.15, -0.1) is 0 Å². The Hall–Kier alpha value is -1.66. The van der Waals surface area contributed by atoms with Crippen LogP contribution < -0.4 is 10.6 Å². The molecule has 1 atom stereocenters. The van der Waals surface area contributed by atoms with E-state index in [1.165, 1.54) is 6.26 Å². The molecule has 0 spiro atoms. The molecular formula is C17H20BrN3O2. The first kappa shape index (κ1) is 16.2. The minimum absolute atomic E-state index is 0.0883. The number of nitrogens with one attached hydrogen (secondary N) is 2. The molecule has 0 saturated carbocycles. The second-order valence-corrected chi connectivity index (χ2v) is 6.76. The Bertz CT molecular complexity index is 663. The highest BCUT2D eigenvalue weighted by Gasteiger charge is 2.22. The van der Waals surface area contributed by atoms with E-state index < -0.39 is 0 Å². The number of halogens is 1. The van der Waals surface area contributed by atoms with Gasteiger partial charge in [-0.05, 0) is 50.6 Å². The summed E-state index contributed by atoms with van der Waals surface area (Å²) in [6.45, 7) is 3.89. The number of carbonyl (C=O) groups excluding carboxylic acids is 1. The van der Waals surface area contributed by atoms with Crippen molar-refractivity contribution in [2.75, 3.05) is 13.1 Å². The largest absolute Gasteiger partial charge is 0.448 e. The van der Waals surface area contributed by atoms with Gasteiger partial charge in [-0.2, -0.15) is 0 Å². The van der Waals surface area contributed by atoms with Crippen LogP contribution >= 0.6 is 15.9 Å². The Kier molecular flexibility index (Phi) is 5.13. The lowest BCUT2D eigenvalue weighted by atomic mass is 9.98. The zero-order chi connectivity index (χ0) is 16.2. The van der Waals surface area contributed by atoms with Crippen LogP contribution in [0.5, 0.6) is 0 Å². The van der Waals surface area contributed by atoms with Gasteiger partial charge in [-0.25, -0.2) is 4.98 Å². The topological polar surface area (TPSA) is 67.2 Å². The van der Waals surface area contributed by atoms with Crippen molar-refractivity contribution >= 4 is 21.8 Å². The summed E-state index contributed by atoms with van der Waals surface area (Å²) in [4.78, 5) is 16.7. The Labute approximate surface area is 144 Å². The van der Waals surface area contributed by atoms with Crippen molar-refractivity contribution in [3.05, 3.63) is 52.1 Å². The van der Waals surface area contributed by atoms with Gasteiger partial charge in [-0.1, -0.05) is 28.1 Å². The summed E-state index contributed by atoms with van der Waals surface area (Å²) in [5, 5.41) is 6.27. The molecule has 0 aliphatic carbocycles. The summed E-state index contributed by atoms with van der Waals surface area (Å²) < 4.78 is 6.54. The van der Waals surface area contributed by atoms with Crippen molar-refractivity contribution in [3.63, 3.8) is 0 Å². The van der Waals surface area contributed by atoms with Crippen LogP contribution in [0.2, 0.25) is 0 Å². The molecule has 23 heavy (non-hydrogen) atoms. The van der Waals surface area contributed by atoms with Crippen molar-refractivity contribution in [2.24, 2.45) is 0 Å². The summed E-state index contributed by atoms with van der Waals surface area (Å²) >= 11 is 3.41. The van der Waals surface area contributed by atoms with Gasteiger partial charge >= 0.3 is 0 Å². The molecule has 1 aromatic heterocycles. The third-order valence-corrected chi connectivity index (χ3v) is 4.69. The van der Waals surface area contributed by atoms with Crippen LogP contribution in [0, 0.1) is 0 Å². The number of hydrogen-bond acceptors (Lipinski definition) is 4. The number of benzene rings is 1. The summed E-state index contributed by atoms with van der Waals surface area (Å²) in [5.41, 5.74) is 1.39. The van der Waals surface area contributed by atoms with Crippen LogP contribution in [0.3, 0.4) is 0 Å². The Morgan fingerprint density at radius 3 is 2.74 bits per heavy atom. The first-order valence-electron chi connectivity index (χ1n) is 7.86. The first-order chi connectivity index (χ1) is 11.1. The molecule has 1 fully saturated rings. The van der Waals surface area contributed by atoms with Gasteiger partial charge in [0.25, 0.3) is 5.91 Å². The van der Waals surface area contributed by atoms with Crippen LogP contribution in [0.15, 0.2) is 39.4 Å². The molecule has 1 aliphatic rings. The summed E-state index contributed by atoms with van der Waals surface area (Å²) in [6, 6.07) is 7.80. The number of nitrogens with zero attached hydrogens (tertiary/aromatic N) is 1. The normalized spacial score (nSPS) is 17.0. The number of aromatic nitrogens is 1. The average molecular weight is 378 g/mol. The van der Waals surface area contributed by atoms with Crippen LogP contribution in [-0.2, 0) is 0 Å². The maximum absolute atomic E-state index is 12.3. The van der Waals surface area contributed by atoms with E-state index in [-0.39, 0.29) is 11.9 Å². The van der Waals surface area contributed by atoms with Gasteiger partial charge in [0.1, 0.15) is 6.26 Å². The quantitative estimate of drug-likeness (QED) is 0.856. The highest BCUT2D eigenvalue weighted by molar-refractivity contribution is 9.10. The number of amides is 1. The minimum Gasteiger partial charge on any atom is -0.448 e. The number of rotatable bonds is 4. The molecular weight excluding hydrogens is 358 g/mol. The maximum Gasteiger partial charge on any atom is 0.273 e. The summed E-state index contributed by atoms with van der Waals surface area (Å²) in [6.07, 6.45) is 3.45. The Balaban J connectivity index is 1.63. The van der Waals surface area contributed by atoms with E-state index in [1.54, 1.807) is 0 Å². The van der Waals surface area contributed by atoms with Crippen LogP contribution in [0.25, 0.3) is 0 Å². The smallest absolute Gasteiger partial charge is 0.273 e. The van der Waals surface area contributed by atoms with Crippen LogP contribution in [0.4, 0.5) is 0 Å². The monoisotopic (exact) mass is 377 g/mol. The molecule has 1 aromatic carbocycles. The predicted molar refractivity (Wildman–Crippen MR) is 91.4 cm³/mol. The third kappa shape index (κ3) is 4.00. The zero-order valence-electron chi connectivity index (χ0n) is 13.0. The van der Waals surface area contributed by atoms with Crippen LogP contribution in [0.1, 0.15) is 53.7 Å². The predicted octanol–water partition coefficient (Wildman–Crippen LogP) is 3.40. The van der Waals surface area contributed by atoms with E-state index in [1.807, 2.05) is 31.2 Å². The van der Waals surface area contributed by atoms with Gasteiger partial charge in [-0.3, -0.25) is 4.79 Å². The average Bonchev–Trinajstić information content (AvgIpc) is 3.06. The molecule has 5 nitrogen and oxygen atoms in total. The van der Waals surface area contributed by atoms with E-state index in [2.05, 4.69) is 31.5 Å². The van der Waals surface area contributed by atoms with E-state index in [0.29, 0.717) is 17.5 Å². The summed E-state index contributed by atoms with van der Waals surface area (Å²) in [5.74, 6) is 0.777. The molecule has 122 valence electrons. The van der Waals surface area contributed by atoms with Gasteiger partial charge in [0.15, 0.2) is 11.6 Å². The molecule has 2 N–H and O–H groups in total. The van der Waals surface area contributed by atoms with E-state index >= 15 is 0 Å². The van der Waals surface area contributed by atoms with Gasteiger partial charge < -0.3 is 15.1 Å². The molecule has 2 heterocycles. The summed E-state index contributed by atoms with van der Waals surface area (Å²) in [7, 11) is 0. The fourth-order valence-corrected chi connectivity index (χ4v) is 3.02. The Morgan fingerprint density at radius 1 is 1.35 bits per heavy atom. The number of piperidine rings is 1. The lowest BCUT2D eigenvalue weighted by Gasteiger charge is -2.19.